The Kier molecular flexibility index (Phi) is 17.8. The van der Waals surface area contributed by atoms with Crippen LogP contribution in [0.25, 0.3) is 0 Å². The Balaban J connectivity index is 2.16. The summed E-state index contributed by atoms with van der Waals surface area (Å²) in [5, 5.41) is 2.58. The predicted molar refractivity (Wildman–Crippen MR) is 207 cm³/mol. The largest absolute Gasteiger partial charge is 0.414 e. The molecule has 0 amide bonds. The summed E-state index contributed by atoms with van der Waals surface area (Å²) < 4.78 is 21.1. The van der Waals surface area contributed by atoms with Gasteiger partial charge in [0.1, 0.15) is 0 Å². The monoisotopic (exact) mass is 666 g/mol. The lowest BCUT2D eigenvalue weighted by molar-refractivity contribution is -0.00672. The van der Waals surface area contributed by atoms with Crippen molar-refractivity contribution in [3.05, 3.63) is 73.3 Å². The molecule has 2 unspecified atom stereocenters. The zero-order chi connectivity index (χ0) is 34.1. The van der Waals surface area contributed by atoms with E-state index in [4.69, 9.17) is 13.6 Å². The van der Waals surface area contributed by atoms with Gasteiger partial charge in [-0.25, -0.2) is 0 Å². The molecule has 46 heavy (non-hydrogen) atoms. The molecule has 2 aromatic rings. The van der Waals surface area contributed by atoms with Gasteiger partial charge in [0.05, 0.1) is 25.4 Å². The number of hydrogen-bond acceptors (Lipinski definition) is 3. The second-order valence-electron chi connectivity index (χ2n) is 15.9. The van der Waals surface area contributed by atoms with E-state index in [0.29, 0.717) is 13.2 Å². The molecule has 3 nitrogen and oxygen atoms in total. The van der Waals surface area contributed by atoms with E-state index < -0.39 is 16.6 Å². The summed E-state index contributed by atoms with van der Waals surface area (Å²) in [5.74, 6) is 0. The third-order valence-electron chi connectivity index (χ3n) is 10.0. The van der Waals surface area contributed by atoms with Gasteiger partial charge < -0.3 is 13.6 Å². The van der Waals surface area contributed by atoms with E-state index in [-0.39, 0.29) is 22.3 Å². The molecule has 260 valence electrons. The zero-order valence-electron chi connectivity index (χ0n) is 31.3. The molecule has 0 heterocycles. The van der Waals surface area contributed by atoms with Crippen LogP contribution < -0.4 is 10.4 Å². The van der Waals surface area contributed by atoms with E-state index in [2.05, 4.69) is 129 Å². The number of benzene rings is 2. The van der Waals surface area contributed by atoms with Gasteiger partial charge in [-0.1, -0.05) is 186 Å². The summed E-state index contributed by atoms with van der Waals surface area (Å²) in [6, 6.07) is 21.8. The van der Waals surface area contributed by atoms with Crippen LogP contribution in [0.5, 0.6) is 0 Å². The van der Waals surface area contributed by atoms with E-state index >= 15 is 0 Å². The molecule has 0 aliphatic heterocycles. The Morgan fingerprint density at radius 2 is 1.11 bits per heavy atom. The maximum absolute atomic E-state index is 7.57. The molecule has 0 N–H and O–H groups in total. The number of hydrogen-bond donors (Lipinski definition) is 0. The summed E-state index contributed by atoms with van der Waals surface area (Å²) in [7, 11) is -4.77. The summed E-state index contributed by atoms with van der Waals surface area (Å²) in [4.78, 5) is 0. The Bertz CT molecular complexity index is 1030. The van der Waals surface area contributed by atoms with Crippen LogP contribution in [0.15, 0.2) is 73.3 Å². The molecule has 2 rings (SSSR count). The fourth-order valence-corrected chi connectivity index (χ4v) is 11.8. The maximum atomic E-state index is 7.57. The molecule has 0 bridgehead atoms. The van der Waals surface area contributed by atoms with Gasteiger partial charge in [-0.15, -0.1) is 6.58 Å². The normalized spacial score (nSPS) is 14.3. The molecule has 0 radical (unpaired) electrons. The summed E-state index contributed by atoms with van der Waals surface area (Å²) in [5.41, 5.74) is 0. The average molecular weight is 667 g/mol. The molecule has 0 saturated heterocycles. The van der Waals surface area contributed by atoms with Crippen molar-refractivity contribution in [2.24, 2.45) is 0 Å². The first-order valence-electron chi connectivity index (χ1n) is 18.5. The quantitative estimate of drug-likeness (QED) is 0.0671. The summed E-state index contributed by atoms with van der Waals surface area (Å²) in [6.07, 6.45) is 17.7. The number of rotatable bonds is 23. The van der Waals surface area contributed by atoms with E-state index in [9.17, 15) is 0 Å². The Morgan fingerprint density at radius 1 is 0.652 bits per heavy atom. The molecular formula is C41H70O3Si2. The molecule has 0 aliphatic carbocycles. The van der Waals surface area contributed by atoms with Crippen molar-refractivity contribution in [3.63, 3.8) is 0 Å². The first-order chi connectivity index (χ1) is 21.8. The molecule has 5 heteroatoms. The van der Waals surface area contributed by atoms with Gasteiger partial charge in [0.15, 0.2) is 8.32 Å². The predicted octanol–water partition coefficient (Wildman–Crippen LogP) is 11.2. The van der Waals surface area contributed by atoms with E-state index in [1.807, 2.05) is 6.08 Å². The van der Waals surface area contributed by atoms with Gasteiger partial charge in [0.2, 0.25) is 0 Å². The smallest absolute Gasteiger partial charge is 0.261 e. The lowest BCUT2D eigenvalue weighted by atomic mass is 10.0. The van der Waals surface area contributed by atoms with Gasteiger partial charge in [0.25, 0.3) is 8.32 Å². The highest BCUT2D eigenvalue weighted by Gasteiger charge is 2.52. The Labute approximate surface area is 287 Å². The number of ether oxygens (including phenoxy) is 1. The Hall–Kier alpha value is -1.51. The van der Waals surface area contributed by atoms with Crippen molar-refractivity contribution >= 4 is 27.0 Å². The lowest BCUT2D eigenvalue weighted by Gasteiger charge is -2.46. The topological polar surface area (TPSA) is 27.7 Å². The van der Waals surface area contributed by atoms with E-state index in [0.717, 1.165) is 6.42 Å². The second kappa shape index (κ2) is 20.1. The van der Waals surface area contributed by atoms with Crippen LogP contribution in [0.3, 0.4) is 0 Å². The SMILES string of the molecule is C=CC(CCCCCCCCCCCCC)OCC(CO[Si](C)(C)C(C)(C)C)O[Si](c1ccccc1)(c1ccccc1)C(C)(C)C. The third-order valence-corrected chi connectivity index (χ3v) is 19.6. The molecule has 0 fully saturated rings. The molecule has 0 aromatic heterocycles. The van der Waals surface area contributed by atoms with Crippen LogP contribution >= 0.6 is 0 Å². The fourth-order valence-electron chi connectivity index (χ4n) is 6.09. The zero-order valence-corrected chi connectivity index (χ0v) is 33.3. The molecular weight excluding hydrogens is 597 g/mol. The standard InChI is InChI=1S/C41H70O3Si2/c1-11-13-14-15-16-17-18-19-20-21-24-29-36(12-2)42-34-37(35-43-45(9,10)40(3,4)5)44-46(41(6,7)8,38-30-25-22-26-31-38)39-32-27-23-28-33-39/h12,22-23,25-28,30-33,36-37H,2,11,13-21,24,29,34-35H2,1,3-10H3. The lowest BCUT2D eigenvalue weighted by Crippen LogP contribution is -2.68. The van der Waals surface area contributed by atoms with Crippen molar-refractivity contribution in [3.8, 4) is 0 Å². The van der Waals surface area contributed by atoms with Crippen molar-refractivity contribution in [2.75, 3.05) is 13.2 Å². The van der Waals surface area contributed by atoms with Gasteiger partial charge in [-0.05, 0) is 40.0 Å². The van der Waals surface area contributed by atoms with Crippen LogP contribution in [0.1, 0.15) is 126 Å². The summed E-state index contributed by atoms with van der Waals surface area (Å²) in [6.45, 7) is 26.0. The van der Waals surface area contributed by atoms with Gasteiger partial charge in [-0.3, -0.25) is 0 Å². The third kappa shape index (κ3) is 12.8. The van der Waals surface area contributed by atoms with Crippen LogP contribution in [0.4, 0.5) is 0 Å². The summed E-state index contributed by atoms with van der Waals surface area (Å²) >= 11 is 0. The minimum Gasteiger partial charge on any atom is -0.414 e. The van der Waals surface area contributed by atoms with E-state index in [1.54, 1.807) is 0 Å². The molecule has 0 aliphatic rings. The maximum Gasteiger partial charge on any atom is 0.261 e. The number of unbranched alkanes of at least 4 members (excludes halogenated alkanes) is 10. The highest BCUT2D eigenvalue weighted by Crippen LogP contribution is 2.39. The molecule has 0 saturated carbocycles. The molecule has 2 atom stereocenters. The van der Waals surface area contributed by atoms with Gasteiger partial charge in [0, 0.05) is 0 Å². The molecule has 0 spiro atoms. The van der Waals surface area contributed by atoms with E-state index in [1.165, 1.54) is 81.0 Å². The van der Waals surface area contributed by atoms with Gasteiger partial charge >= 0.3 is 0 Å². The van der Waals surface area contributed by atoms with Crippen molar-refractivity contribution in [1.82, 2.24) is 0 Å². The fraction of sp³-hybridized carbons (Fsp3) is 0.659. The van der Waals surface area contributed by atoms with Crippen molar-refractivity contribution in [2.45, 2.75) is 161 Å². The highest BCUT2D eigenvalue weighted by molar-refractivity contribution is 6.99. The van der Waals surface area contributed by atoms with Crippen LogP contribution in [0, 0.1) is 0 Å². The first-order valence-corrected chi connectivity index (χ1v) is 23.3. The van der Waals surface area contributed by atoms with Crippen molar-refractivity contribution in [1.29, 1.82) is 0 Å². The van der Waals surface area contributed by atoms with Crippen LogP contribution in [0.2, 0.25) is 23.2 Å². The minimum absolute atomic E-state index is 0.0247. The van der Waals surface area contributed by atoms with Crippen LogP contribution in [-0.2, 0) is 13.6 Å². The van der Waals surface area contributed by atoms with Gasteiger partial charge in [-0.2, -0.15) is 0 Å². The second-order valence-corrected chi connectivity index (χ2v) is 25.0. The Morgan fingerprint density at radius 3 is 1.52 bits per heavy atom. The average Bonchev–Trinajstić information content (AvgIpc) is 3.01. The minimum atomic E-state index is -2.76. The van der Waals surface area contributed by atoms with Crippen molar-refractivity contribution < 1.29 is 13.6 Å². The molecule has 2 aromatic carbocycles. The highest BCUT2D eigenvalue weighted by atomic mass is 28.4. The van der Waals surface area contributed by atoms with Crippen LogP contribution in [-0.4, -0.2) is 42.1 Å². The first kappa shape index (κ1) is 40.7.